The molecule has 0 fully saturated rings. The first-order chi connectivity index (χ1) is 6.41. The van der Waals surface area contributed by atoms with E-state index in [2.05, 4.69) is 20.3 Å². The van der Waals surface area contributed by atoms with E-state index in [4.69, 9.17) is 0 Å². The van der Waals surface area contributed by atoms with Crippen LogP contribution in [0.1, 0.15) is 78.1 Å². The third-order valence-corrected chi connectivity index (χ3v) is 2.52. The molecule has 0 unspecified atom stereocenters. The van der Waals surface area contributed by atoms with E-state index < -0.39 is 0 Å². The molecular formula is C13H27. The van der Waals surface area contributed by atoms with Gasteiger partial charge in [0.2, 0.25) is 0 Å². The maximum atomic E-state index is 2.49. The molecule has 0 aromatic carbocycles. The van der Waals surface area contributed by atoms with Crippen LogP contribution in [0, 0.1) is 6.42 Å². The fraction of sp³-hybridized carbons (Fsp3) is 0.923. The van der Waals surface area contributed by atoms with Crippen LogP contribution < -0.4 is 0 Å². The minimum absolute atomic E-state index is 1.35. The topological polar surface area (TPSA) is 0 Å². The fourth-order valence-corrected chi connectivity index (χ4v) is 1.58. The van der Waals surface area contributed by atoms with Gasteiger partial charge in [-0.25, -0.2) is 0 Å². The fourth-order valence-electron chi connectivity index (χ4n) is 1.58. The van der Waals surface area contributed by atoms with Crippen LogP contribution in [0.2, 0.25) is 0 Å². The van der Waals surface area contributed by atoms with Crippen LogP contribution in [-0.4, -0.2) is 0 Å². The van der Waals surface area contributed by atoms with Crippen molar-refractivity contribution < 1.29 is 0 Å². The molecule has 0 nitrogen and oxygen atoms in total. The summed E-state index contributed by atoms with van der Waals surface area (Å²) >= 11 is 0. The van der Waals surface area contributed by atoms with Crippen molar-refractivity contribution in [1.29, 1.82) is 0 Å². The zero-order chi connectivity index (χ0) is 9.78. The Morgan fingerprint density at radius 2 is 1.08 bits per heavy atom. The van der Waals surface area contributed by atoms with E-state index in [0.29, 0.717) is 0 Å². The standard InChI is InChI=1S/C13H27/c1-3-5-7-9-11-13-12-10-8-6-4-2/h13H,3-12H2,1-2H3. The van der Waals surface area contributed by atoms with Crippen LogP contribution in [0.3, 0.4) is 0 Å². The molecule has 0 N–H and O–H groups in total. The Morgan fingerprint density at radius 3 is 1.46 bits per heavy atom. The van der Waals surface area contributed by atoms with Crippen molar-refractivity contribution in [3.63, 3.8) is 0 Å². The van der Waals surface area contributed by atoms with Crippen molar-refractivity contribution >= 4 is 0 Å². The van der Waals surface area contributed by atoms with Gasteiger partial charge in [-0.15, -0.1) is 0 Å². The molecule has 0 heterocycles. The molecule has 0 atom stereocenters. The maximum Gasteiger partial charge on any atom is -0.0386 e. The molecular weight excluding hydrogens is 156 g/mol. The highest BCUT2D eigenvalue weighted by molar-refractivity contribution is 4.64. The van der Waals surface area contributed by atoms with Crippen LogP contribution in [0.5, 0.6) is 0 Å². The second kappa shape index (κ2) is 12.0. The third-order valence-electron chi connectivity index (χ3n) is 2.52. The summed E-state index contributed by atoms with van der Waals surface area (Å²) in [5.74, 6) is 0. The van der Waals surface area contributed by atoms with Crippen LogP contribution in [-0.2, 0) is 0 Å². The lowest BCUT2D eigenvalue weighted by Crippen LogP contribution is -1.81. The molecule has 0 spiro atoms. The van der Waals surface area contributed by atoms with E-state index in [1.807, 2.05) is 0 Å². The molecule has 0 aliphatic rings. The predicted molar refractivity (Wildman–Crippen MR) is 61.8 cm³/mol. The third kappa shape index (κ3) is 12.0. The second-order valence-electron chi connectivity index (χ2n) is 3.99. The van der Waals surface area contributed by atoms with Gasteiger partial charge in [-0.1, -0.05) is 78.1 Å². The summed E-state index contributed by atoms with van der Waals surface area (Å²) in [5.41, 5.74) is 0. The van der Waals surface area contributed by atoms with Crippen molar-refractivity contribution in [2.24, 2.45) is 0 Å². The van der Waals surface area contributed by atoms with Gasteiger partial charge in [0.05, 0.1) is 0 Å². The minimum Gasteiger partial charge on any atom is -0.0654 e. The van der Waals surface area contributed by atoms with Gasteiger partial charge < -0.3 is 0 Å². The summed E-state index contributed by atoms with van der Waals surface area (Å²) in [6.45, 7) is 4.54. The van der Waals surface area contributed by atoms with E-state index in [1.54, 1.807) is 0 Å². The van der Waals surface area contributed by atoms with Gasteiger partial charge in [0.25, 0.3) is 0 Å². The molecule has 0 heteroatoms. The van der Waals surface area contributed by atoms with Gasteiger partial charge in [-0.05, 0) is 6.42 Å². The summed E-state index contributed by atoms with van der Waals surface area (Å²) < 4.78 is 0. The average Bonchev–Trinajstić information content (AvgIpc) is 2.16. The lowest BCUT2D eigenvalue weighted by Gasteiger charge is -2.00. The summed E-state index contributed by atoms with van der Waals surface area (Å²) in [4.78, 5) is 0. The zero-order valence-corrected chi connectivity index (χ0v) is 9.65. The molecule has 0 aliphatic carbocycles. The molecule has 0 saturated heterocycles. The molecule has 1 radical (unpaired) electrons. The van der Waals surface area contributed by atoms with Crippen LogP contribution >= 0.6 is 0 Å². The lowest BCUT2D eigenvalue weighted by molar-refractivity contribution is 0.621. The Morgan fingerprint density at radius 1 is 0.615 bits per heavy atom. The lowest BCUT2D eigenvalue weighted by atomic mass is 10.1. The van der Waals surface area contributed by atoms with Crippen LogP contribution in [0.15, 0.2) is 0 Å². The number of rotatable bonds is 10. The zero-order valence-electron chi connectivity index (χ0n) is 9.65. The van der Waals surface area contributed by atoms with Gasteiger partial charge in [0.15, 0.2) is 0 Å². The van der Waals surface area contributed by atoms with Gasteiger partial charge >= 0.3 is 0 Å². The van der Waals surface area contributed by atoms with E-state index >= 15 is 0 Å². The molecule has 13 heavy (non-hydrogen) atoms. The highest BCUT2D eigenvalue weighted by Crippen LogP contribution is 2.09. The molecule has 0 bridgehead atoms. The summed E-state index contributed by atoms with van der Waals surface area (Å²) in [5, 5.41) is 0. The van der Waals surface area contributed by atoms with Gasteiger partial charge in [0.1, 0.15) is 0 Å². The first-order valence-corrected chi connectivity index (χ1v) is 6.23. The first-order valence-electron chi connectivity index (χ1n) is 6.23. The van der Waals surface area contributed by atoms with Crippen molar-refractivity contribution in [3.8, 4) is 0 Å². The second-order valence-corrected chi connectivity index (χ2v) is 3.99. The molecule has 0 saturated carbocycles. The van der Waals surface area contributed by atoms with Crippen molar-refractivity contribution in [3.05, 3.63) is 6.42 Å². The van der Waals surface area contributed by atoms with Gasteiger partial charge in [0, 0.05) is 0 Å². The highest BCUT2D eigenvalue weighted by Gasteiger charge is 1.91. The molecule has 79 valence electrons. The van der Waals surface area contributed by atoms with E-state index in [0.717, 1.165) is 0 Å². The Bertz CT molecular complexity index is 66.1. The Kier molecular flexibility index (Phi) is 12.0. The predicted octanol–water partition coefficient (Wildman–Crippen LogP) is 5.13. The molecule has 0 aromatic heterocycles. The average molecular weight is 183 g/mol. The maximum absolute atomic E-state index is 2.49. The van der Waals surface area contributed by atoms with Gasteiger partial charge in [-0.2, -0.15) is 0 Å². The minimum atomic E-state index is 1.35. The smallest absolute Gasteiger partial charge is 0.0386 e. The highest BCUT2D eigenvalue weighted by atomic mass is 14.0. The number of unbranched alkanes of at least 4 members (excludes halogenated alkanes) is 10. The Hall–Kier alpha value is 0. The molecule has 0 aliphatic heterocycles. The normalized spacial score (nSPS) is 10.6. The SMILES string of the molecule is CCCCCC[CH]CCCCCC. The molecule has 0 aromatic rings. The molecule has 0 amide bonds. The summed E-state index contributed by atoms with van der Waals surface area (Å²) in [7, 11) is 0. The van der Waals surface area contributed by atoms with E-state index in [-0.39, 0.29) is 0 Å². The quantitative estimate of drug-likeness (QED) is 0.412. The van der Waals surface area contributed by atoms with Crippen molar-refractivity contribution in [1.82, 2.24) is 0 Å². The van der Waals surface area contributed by atoms with Crippen molar-refractivity contribution in [2.75, 3.05) is 0 Å². The summed E-state index contributed by atoms with van der Waals surface area (Å²) in [6, 6.07) is 0. The monoisotopic (exact) mass is 183 g/mol. The van der Waals surface area contributed by atoms with E-state index in [1.165, 1.54) is 64.2 Å². The number of hydrogen-bond acceptors (Lipinski definition) is 0. The first kappa shape index (κ1) is 13.0. The van der Waals surface area contributed by atoms with Gasteiger partial charge in [-0.3, -0.25) is 0 Å². The number of hydrogen-bond donors (Lipinski definition) is 0. The Labute approximate surface area is 85.1 Å². The van der Waals surface area contributed by atoms with E-state index in [9.17, 15) is 0 Å². The summed E-state index contributed by atoms with van der Waals surface area (Å²) in [6.07, 6.45) is 16.5. The largest absolute Gasteiger partial charge is 0.0654 e. The van der Waals surface area contributed by atoms with Crippen molar-refractivity contribution in [2.45, 2.75) is 78.1 Å². The van der Waals surface area contributed by atoms with Crippen LogP contribution in [0.4, 0.5) is 0 Å². The van der Waals surface area contributed by atoms with Crippen LogP contribution in [0.25, 0.3) is 0 Å². The Balaban J connectivity index is 2.76. The molecule has 0 rings (SSSR count).